The summed E-state index contributed by atoms with van der Waals surface area (Å²) in [5.41, 5.74) is -4.75. The molecule has 4 atom stereocenters. The molecule has 0 saturated heterocycles. The lowest BCUT2D eigenvalue weighted by Gasteiger charge is -2.55. The predicted octanol–water partition coefficient (Wildman–Crippen LogP) is 8.26. The minimum absolute atomic E-state index is 0.0191. The third-order valence-electron chi connectivity index (χ3n) is 11.1. The number of aliphatic hydroxyl groups excluding tert-OH is 1. The van der Waals surface area contributed by atoms with Crippen LogP contribution in [0, 0.1) is 11.8 Å². The Labute approximate surface area is 323 Å². The SMILES string of the molecule is CN(C)[C@@H]1c2onc(OCc3ccccc3)c2C(=O)[C@@]2(O[Si](C)(C)C(C)(C)C)C(O)=C3C(=O)c4c(O)c(C(=O)OC(C)(C)C)cc(OC(F)(F)F)c4C[C@H]3C[C@@H]12. The fourth-order valence-corrected chi connectivity index (χ4v) is 9.15. The number of fused-ring (bicyclic) bond motifs is 4. The number of phenols is 1. The van der Waals surface area contributed by atoms with Gasteiger partial charge < -0.3 is 33.4 Å². The molecule has 1 aromatic heterocycles. The summed E-state index contributed by atoms with van der Waals surface area (Å²) in [7, 11) is 0.384. The fourth-order valence-electron chi connectivity index (χ4n) is 7.70. The van der Waals surface area contributed by atoms with Crippen LogP contribution in [-0.4, -0.2) is 77.8 Å². The Balaban J connectivity index is 1.60. The number of aromatic hydroxyl groups is 1. The first-order valence-corrected chi connectivity index (χ1v) is 21.1. The van der Waals surface area contributed by atoms with Crippen LogP contribution in [0.25, 0.3) is 0 Å². The molecule has 0 amide bonds. The van der Waals surface area contributed by atoms with Gasteiger partial charge >= 0.3 is 12.3 Å². The lowest BCUT2D eigenvalue weighted by Crippen LogP contribution is -2.65. The van der Waals surface area contributed by atoms with Crippen molar-refractivity contribution in [3.63, 3.8) is 0 Å². The van der Waals surface area contributed by atoms with Gasteiger partial charge in [-0.25, -0.2) is 4.79 Å². The molecule has 0 spiro atoms. The summed E-state index contributed by atoms with van der Waals surface area (Å²) in [6, 6.07) is 9.03. The summed E-state index contributed by atoms with van der Waals surface area (Å²) in [6.07, 6.45) is -5.65. The molecule has 3 aromatic rings. The Kier molecular flexibility index (Phi) is 10.1. The first kappa shape index (κ1) is 41.0. The van der Waals surface area contributed by atoms with E-state index in [1.807, 2.05) is 64.2 Å². The highest BCUT2D eigenvalue weighted by atomic mass is 28.4. The average molecular weight is 801 g/mol. The standard InChI is InChI=1S/C40H47F3N2O10Si/c1-37(2,3)53-36(50)23-18-25(52-40(41,42)43)22-16-21-17-24-29(45(7)8)32-28(35(44-54-32)51-19-20-14-12-11-13-15-20)34(49)39(24,55-56(9,10)38(4,5)6)33(48)26(21)31(47)27(22)30(23)46/h11-15,18,21,24,29,46,48H,16-17,19H2,1-10H3/t21-,24-,29-,39-/m0/s1. The number of nitrogens with zero attached hydrogens (tertiary/aromatic N) is 2. The third kappa shape index (κ3) is 7.00. The summed E-state index contributed by atoms with van der Waals surface area (Å²) < 4.78 is 70.4. The first-order chi connectivity index (χ1) is 25.8. The molecule has 0 saturated carbocycles. The number of hydrogen-bond acceptors (Lipinski definition) is 12. The van der Waals surface area contributed by atoms with Crippen molar-refractivity contribution in [2.75, 3.05) is 14.1 Å². The Morgan fingerprint density at radius 3 is 2.25 bits per heavy atom. The largest absolute Gasteiger partial charge is 0.573 e. The van der Waals surface area contributed by atoms with E-state index >= 15 is 4.79 Å². The summed E-state index contributed by atoms with van der Waals surface area (Å²) in [6.45, 7) is 14.2. The van der Waals surface area contributed by atoms with E-state index in [1.54, 1.807) is 19.0 Å². The zero-order chi connectivity index (χ0) is 41.5. The highest BCUT2D eigenvalue weighted by Crippen LogP contribution is 2.60. The number of alkyl halides is 3. The van der Waals surface area contributed by atoms with E-state index in [-0.39, 0.29) is 47.8 Å². The quantitative estimate of drug-likeness (QED) is 0.166. The number of ether oxygens (including phenoxy) is 3. The number of ketones is 2. The third-order valence-corrected chi connectivity index (χ3v) is 15.6. The van der Waals surface area contributed by atoms with Gasteiger partial charge in [-0.3, -0.25) is 14.5 Å². The number of Topliss-reactive ketones (excluding diaryl/α,β-unsaturated/α-hetero) is 2. The topological polar surface area (TPSA) is 158 Å². The maximum atomic E-state index is 15.4. The van der Waals surface area contributed by atoms with E-state index in [2.05, 4.69) is 9.89 Å². The monoisotopic (exact) mass is 800 g/mol. The van der Waals surface area contributed by atoms with Crippen LogP contribution < -0.4 is 9.47 Å². The minimum Gasteiger partial charge on any atom is -0.508 e. The molecule has 302 valence electrons. The molecular formula is C40H47F3N2O10Si. The van der Waals surface area contributed by atoms with Crippen molar-refractivity contribution in [3.05, 3.63) is 81.3 Å². The van der Waals surface area contributed by atoms with Crippen molar-refractivity contribution in [3.8, 4) is 17.4 Å². The lowest BCUT2D eigenvalue weighted by molar-refractivity contribution is -0.275. The van der Waals surface area contributed by atoms with Gasteiger partial charge in [-0.2, -0.15) is 0 Å². The number of allylic oxidation sites excluding steroid dienone is 1. The van der Waals surface area contributed by atoms with E-state index in [4.69, 9.17) is 18.4 Å². The highest BCUT2D eigenvalue weighted by molar-refractivity contribution is 6.74. The number of aliphatic hydroxyl groups is 1. The second-order valence-corrected chi connectivity index (χ2v) is 22.1. The number of benzene rings is 2. The molecule has 0 radical (unpaired) electrons. The molecule has 3 aliphatic carbocycles. The van der Waals surface area contributed by atoms with Crippen LogP contribution >= 0.6 is 0 Å². The maximum Gasteiger partial charge on any atom is 0.573 e. The molecule has 3 aliphatic rings. The molecule has 1 heterocycles. The van der Waals surface area contributed by atoms with Crippen molar-refractivity contribution in [1.29, 1.82) is 0 Å². The molecular weight excluding hydrogens is 754 g/mol. The first-order valence-electron chi connectivity index (χ1n) is 18.2. The Morgan fingerprint density at radius 2 is 1.68 bits per heavy atom. The molecule has 56 heavy (non-hydrogen) atoms. The molecule has 0 bridgehead atoms. The van der Waals surface area contributed by atoms with E-state index in [1.165, 1.54) is 20.8 Å². The Bertz CT molecular complexity index is 2110. The molecule has 0 aliphatic heterocycles. The second-order valence-electron chi connectivity index (χ2n) is 17.3. The Morgan fingerprint density at radius 1 is 1.04 bits per heavy atom. The zero-order valence-corrected chi connectivity index (χ0v) is 34.0. The predicted molar refractivity (Wildman–Crippen MR) is 198 cm³/mol. The molecule has 12 nitrogen and oxygen atoms in total. The highest BCUT2D eigenvalue weighted by Gasteiger charge is 2.67. The van der Waals surface area contributed by atoms with E-state index in [0.717, 1.165) is 5.56 Å². The molecule has 0 unspecified atom stereocenters. The zero-order valence-electron chi connectivity index (χ0n) is 33.0. The van der Waals surface area contributed by atoms with Crippen molar-refractivity contribution in [1.82, 2.24) is 10.1 Å². The molecule has 2 N–H and O–H groups in total. The van der Waals surface area contributed by atoms with Crippen LogP contribution in [0.2, 0.25) is 18.1 Å². The van der Waals surface area contributed by atoms with Crippen molar-refractivity contribution >= 4 is 25.9 Å². The summed E-state index contributed by atoms with van der Waals surface area (Å²) in [4.78, 5) is 45.2. The molecule has 6 rings (SSSR count). The summed E-state index contributed by atoms with van der Waals surface area (Å²) in [5.74, 6) is -7.60. The van der Waals surface area contributed by atoms with Gasteiger partial charge in [0.2, 0.25) is 5.78 Å². The van der Waals surface area contributed by atoms with E-state index in [9.17, 15) is 33.0 Å². The van der Waals surface area contributed by atoms with Gasteiger partial charge in [0.05, 0.1) is 11.6 Å². The number of phenolic OH excluding ortho intramolecular Hbond substituents is 1. The normalized spacial score (nSPS) is 22.6. The molecule has 2 aromatic carbocycles. The van der Waals surface area contributed by atoms with E-state index < -0.39 is 94.7 Å². The Hall–Kier alpha value is -4.67. The summed E-state index contributed by atoms with van der Waals surface area (Å²) >= 11 is 0. The summed E-state index contributed by atoms with van der Waals surface area (Å²) in [5, 5.41) is 27.9. The fraction of sp³-hybridized carbons (Fsp3) is 0.500. The van der Waals surface area contributed by atoms with Crippen LogP contribution in [0.5, 0.6) is 17.4 Å². The minimum atomic E-state index is -5.25. The van der Waals surface area contributed by atoms with Gasteiger partial charge in [-0.05, 0) is 88.5 Å². The van der Waals surface area contributed by atoms with Crippen molar-refractivity contribution < 1.29 is 60.9 Å². The van der Waals surface area contributed by atoms with Crippen LogP contribution in [0.15, 0.2) is 52.3 Å². The number of halogens is 3. The van der Waals surface area contributed by atoms with Gasteiger partial charge in [0, 0.05) is 17.1 Å². The van der Waals surface area contributed by atoms with Crippen LogP contribution in [0.3, 0.4) is 0 Å². The number of esters is 1. The number of aromatic nitrogens is 1. The smallest absolute Gasteiger partial charge is 0.508 e. The van der Waals surface area contributed by atoms with Crippen LogP contribution in [0.1, 0.15) is 102 Å². The van der Waals surface area contributed by atoms with Crippen molar-refractivity contribution in [2.24, 2.45) is 11.8 Å². The number of rotatable bonds is 8. The average Bonchev–Trinajstić information content (AvgIpc) is 3.48. The number of carbonyl (C=O) groups excluding carboxylic acids is 3. The second kappa shape index (κ2) is 13.8. The van der Waals surface area contributed by atoms with E-state index in [0.29, 0.717) is 6.07 Å². The van der Waals surface area contributed by atoms with Crippen LogP contribution in [-0.2, 0) is 22.2 Å². The van der Waals surface area contributed by atoms with Gasteiger partial charge in [0.15, 0.2) is 25.5 Å². The maximum absolute atomic E-state index is 15.4. The molecule has 0 fully saturated rings. The van der Waals surface area contributed by atoms with Gasteiger partial charge in [-0.1, -0.05) is 51.1 Å². The molecule has 16 heteroatoms. The van der Waals surface area contributed by atoms with Crippen molar-refractivity contribution in [2.45, 2.75) is 103 Å². The number of hydrogen-bond donors (Lipinski definition) is 2. The number of carbonyl (C=O) groups is 3. The van der Waals surface area contributed by atoms with Gasteiger partial charge in [-0.15, -0.1) is 13.2 Å². The lowest BCUT2D eigenvalue weighted by atomic mass is 9.58. The van der Waals surface area contributed by atoms with Gasteiger partial charge in [0.25, 0.3) is 5.88 Å². The van der Waals surface area contributed by atoms with Crippen LogP contribution in [0.4, 0.5) is 13.2 Å². The van der Waals surface area contributed by atoms with Gasteiger partial charge in [0.1, 0.15) is 40.6 Å².